The van der Waals surface area contributed by atoms with Gasteiger partial charge in [-0.05, 0) is 6.92 Å². The Hall–Kier alpha value is -0.100. The number of hydrogen-bond donors (Lipinski definition) is 1. The molecule has 1 aliphatic rings. The van der Waals surface area contributed by atoms with E-state index < -0.39 is 6.10 Å². The van der Waals surface area contributed by atoms with Gasteiger partial charge in [0.15, 0.2) is 0 Å². The van der Waals surface area contributed by atoms with E-state index in [9.17, 15) is 5.11 Å². The van der Waals surface area contributed by atoms with Crippen molar-refractivity contribution < 1.29 is 9.84 Å². The van der Waals surface area contributed by atoms with E-state index in [2.05, 4.69) is 4.98 Å². The van der Waals surface area contributed by atoms with E-state index in [0.717, 1.165) is 28.8 Å². The number of thioether (sulfide) groups is 1. The number of aliphatic hydroxyl groups excluding tert-OH is 1. The van der Waals surface area contributed by atoms with Crippen LogP contribution in [0, 0.1) is 0 Å². The Bertz CT molecular complexity index is 295. The molecule has 1 aromatic heterocycles. The van der Waals surface area contributed by atoms with E-state index in [1.807, 2.05) is 17.1 Å². The summed E-state index contributed by atoms with van der Waals surface area (Å²) >= 11 is 3.47. The Kier molecular flexibility index (Phi) is 3.43. The van der Waals surface area contributed by atoms with Crippen molar-refractivity contribution in [3.63, 3.8) is 0 Å². The molecule has 0 saturated carbocycles. The minimum atomic E-state index is -0.476. The predicted molar refractivity (Wildman–Crippen MR) is 58.8 cm³/mol. The quantitative estimate of drug-likeness (QED) is 0.845. The van der Waals surface area contributed by atoms with Crippen LogP contribution in [0.3, 0.4) is 0 Å². The molecule has 3 nitrogen and oxygen atoms in total. The van der Waals surface area contributed by atoms with Crippen molar-refractivity contribution in [1.29, 1.82) is 0 Å². The lowest BCUT2D eigenvalue weighted by molar-refractivity contribution is 0.0751. The minimum absolute atomic E-state index is 0.131. The van der Waals surface area contributed by atoms with Crippen LogP contribution in [0.5, 0.6) is 0 Å². The number of aliphatic hydroxyl groups is 1. The van der Waals surface area contributed by atoms with Crippen molar-refractivity contribution in [3.05, 3.63) is 16.1 Å². The van der Waals surface area contributed by atoms with Gasteiger partial charge in [-0.15, -0.1) is 11.3 Å². The maximum absolute atomic E-state index is 9.33. The van der Waals surface area contributed by atoms with Gasteiger partial charge in [0.1, 0.15) is 11.1 Å². The molecule has 1 saturated heterocycles. The molecule has 1 N–H and O–H groups in total. The summed E-state index contributed by atoms with van der Waals surface area (Å²) in [5, 5.41) is 12.2. The Morgan fingerprint density at radius 1 is 1.71 bits per heavy atom. The van der Waals surface area contributed by atoms with E-state index in [-0.39, 0.29) is 6.10 Å². The van der Waals surface area contributed by atoms with Gasteiger partial charge in [0.05, 0.1) is 18.4 Å². The first kappa shape index (κ1) is 10.4. The summed E-state index contributed by atoms with van der Waals surface area (Å²) in [5.74, 6) is 2.05. The van der Waals surface area contributed by atoms with Crippen molar-refractivity contribution in [2.24, 2.45) is 0 Å². The zero-order chi connectivity index (χ0) is 9.97. The van der Waals surface area contributed by atoms with Gasteiger partial charge in [-0.3, -0.25) is 0 Å². The van der Waals surface area contributed by atoms with E-state index in [4.69, 9.17) is 4.74 Å². The second-order valence-electron chi connectivity index (χ2n) is 3.22. The van der Waals surface area contributed by atoms with E-state index in [0.29, 0.717) is 0 Å². The van der Waals surface area contributed by atoms with Gasteiger partial charge in [-0.25, -0.2) is 4.98 Å². The highest BCUT2D eigenvalue weighted by Crippen LogP contribution is 2.29. The number of nitrogens with zero attached hydrogens (tertiary/aromatic N) is 1. The van der Waals surface area contributed by atoms with Gasteiger partial charge in [0.25, 0.3) is 0 Å². The maximum Gasteiger partial charge on any atom is 0.123 e. The largest absolute Gasteiger partial charge is 0.387 e. The predicted octanol–water partition coefficient (Wildman–Crippen LogP) is 2.00. The molecule has 5 heteroatoms. The fourth-order valence-corrected chi connectivity index (χ4v) is 3.18. The van der Waals surface area contributed by atoms with Gasteiger partial charge < -0.3 is 9.84 Å². The van der Waals surface area contributed by atoms with Crippen LogP contribution in [0.2, 0.25) is 0 Å². The molecule has 1 fully saturated rings. The summed E-state index contributed by atoms with van der Waals surface area (Å²) in [5.41, 5.74) is 0.754. The van der Waals surface area contributed by atoms with Gasteiger partial charge in [0.2, 0.25) is 0 Å². The molecule has 2 unspecified atom stereocenters. The molecular formula is C9H13NO2S2. The summed E-state index contributed by atoms with van der Waals surface area (Å²) < 4.78 is 5.60. The van der Waals surface area contributed by atoms with Crippen LogP contribution >= 0.6 is 23.1 Å². The van der Waals surface area contributed by atoms with Crippen LogP contribution in [-0.4, -0.2) is 28.2 Å². The first-order chi connectivity index (χ1) is 6.77. The Morgan fingerprint density at radius 2 is 2.57 bits per heavy atom. The molecule has 1 aromatic rings. The molecule has 0 radical (unpaired) electrons. The third-order valence-corrected chi connectivity index (χ3v) is 4.01. The maximum atomic E-state index is 9.33. The molecule has 0 aliphatic carbocycles. The van der Waals surface area contributed by atoms with Crippen molar-refractivity contribution in [2.45, 2.75) is 19.1 Å². The van der Waals surface area contributed by atoms with E-state index in [1.54, 1.807) is 18.3 Å². The number of ether oxygens (including phenoxy) is 1. The summed E-state index contributed by atoms with van der Waals surface area (Å²) in [7, 11) is 0. The highest BCUT2D eigenvalue weighted by molar-refractivity contribution is 7.99. The number of aromatic nitrogens is 1. The first-order valence-electron chi connectivity index (χ1n) is 4.60. The summed E-state index contributed by atoms with van der Waals surface area (Å²) in [6.45, 7) is 2.54. The van der Waals surface area contributed by atoms with Crippen LogP contribution in [-0.2, 0) is 4.74 Å². The standard InChI is InChI=1S/C9H13NO2S2/c1-6(11)7-4-14-9(10-7)8-5-13-3-2-12-8/h4,6,8,11H,2-3,5H2,1H3. The van der Waals surface area contributed by atoms with Crippen LogP contribution in [0.15, 0.2) is 5.38 Å². The molecular weight excluding hydrogens is 218 g/mol. The van der Waals surface area contributed by atoms with Crippen LogP contribution in [0.25, 0.3) is 0 Å². The molecule has 0 amide bonds. The normalized spacial score (nSPS) is 24.9. The number of hydrogen-bond acceptors (Lipinski definition) is 5. The minimum Gasteiger partial charge on any atom is -0.387 e. The lowest BCUT2D eigenvalue weighted by Crippen LogP contribution is -2.15. The molecule has 0 bridgehead atoms. The summed E-state index contributed by atoms with van der Waals surface area (Å²) in [4.78, 5) is 4.36. The molecule has 2 rings (SSSR count). The van der Waals surface area contributed by atoms with Crippen molar-refractivity contribution in [2.75, 3.05) is 18.1 Å². The zero-order valence-electron chi connectivity index (χ0n) is 7.97. The molecule has 1 aliphatic heterocycles. The van der Waals surface area contributed by atoms with Gasteiger partial charge in [0, 0.05) is 16.9 Å². The highest BCUT2D eigenvalue weighted by Gasteiger charge is 2.20. The molecule has 78 valence electrons. The number of rotatable bonds is 2. The van der Waals surface area contributed by atoms with Crippen LogP contribution < -0.4 is 0 Å². The van der Waals surface area contributed by atoms with E-state index in [1.165, 1.54) is 0 Å². The van der Waals surface area contributed by atoms with Crippen LogP contribution in [0.1, 0.15) is 29.8 Å². The third-order valence-electron chi connectivity index (χ3n) is 2.06. The Balaban J connectivity index is 2.07. The Labute approximate surface area is 91.5 Å². The zero-order valence-corrected chi connectivity index (χ0v) is 9.61. The fraction of sp³-hybridized carbons (Fsp3) is 0.667. The van der Waals surface area contributed by atoms with Crippen molar-refractivity contribution >= 4 is 23.1 Å². The fourth-order valence-electron chi connectivity index (χ4n) is 1.27. The summed E-state index contributed by atoms with van der Waals surface area (Å²) in [6, 6.07) is 0. The topological polar surface area (TPSA) is 42.4 Å². The highest BCUT2D eigenvalue weighted by atomic mass is 32.2. The molecule has 2 atom stereocenters. The van der Waals surface area contributed by atoms with Gasteiger partial charge >= 0.3 is 0 Å². The molecule has 0 spiro atoms. The monoisotopic (exact) mass is 231 g/mol. The van der Waals surface area contributed by atoms with Crippen molar-refractivity contribution in [3.8, 4) is 0 Å². The van der Waals surface area contributed by atoms with Crippen LogP contribution in [0.4, 0.5) is 0 Å². The molecule has 2 heterocycles. The lowest BCUT2D eigenvalue weighted by atomic mass is 10.3. The molecule has 14 heavy (non-hydrogen) atoms. The number of thiazole rings is 1. The lowest BCUT2D eigenvalue weighted by Gasteiger charge is -2.19. The average molecular weight is 231 g/mol. The van der Waals surface area contributed by atoms with Crippen molar-refractivity contribution in [1.82, 2.24) is 4.98 Å². The first-order valence-corrected chi connectivity index (χ1v) is 6.63. The second-order valence-corrected chi connectivity index (χ2v) is 5.26. The SMILES string of the molecule is CC(O)c1csc(C2CSCCO2)n1. The smallest absolute Gasteiger partial charge is 0.123 e. The third kappa shape index (κ3) is 2.28. The average Bonchev–Trinajstić information content (AvgIpc) is 2.68. The van der Waals surface area contributed by atoms with E-state index >= 15 is 0 Å². The molecule has 0 aromatic carbocycles. The second kappa shape index (κ2) is 4.61. The van der Waals surface area contributed by atoms with Gasteiger partial charge in [-0.1, -0.05) is 0 Å². The Morgan fingerprint density at radius 3 is 3.14 bits per heavy atom. The van der Waals surface area contributed by atoms with Gasteiger partial charge in [-0.2, -0.15) is 11.8 Å². The summed E-state index contributed by atoms with van der Waals surface area (Å²) in [6.07, 6.45) is -0.345.